The van der Waals surface area contributed by atoms with Crippen LogP contribution in [0.15, 0.2) is 17.1 Å². The Kier molecular flexibility index (Phi) is 4.59. The third-order valence-corrected chi connectivity index (χ3v) is 2.62. The van der Waals surface area contributed by atoms with Crippen molar-refractivity contribution in [1.29, 1.82) is 0 Å². The summed E-state index contributed by atoms with van der Waals surface area (Å²) in [5.41, 5.74) is 2.66. The quantitative estimate of drug-likeness (QED) is 0.305. The largest absolute Gasteiger partial charge is 0.416 e. The molecule has 0 unspecified atom stereocenters. The Labute approximate surface area is 115 Å². The average molecular weight is 316 g/mol. The number of nitrogens with two attached hydrogens (primary N) is 1. The topological polar surface area (TPSA) is 81.5 Å². The minimum absolute atomic E-state index is 0.211. The molecule has 0 aliphatic carbocycles. The van der Waals surface area contributed by atoms with Crippen LogP contribution < -0.4 is 5.73 Å². The first-order valence-corrected chi connectivity index (χ1v) is 5.52. The van der Waals surface area contributed by atoms with Gasteiger partial charge in [0.15, 0.2) is 0 Å². The lowest BCUT2D eigenvalue weighted by Gasteiger charge is -2.09. The molecule has 1 rings (SSSR count). The van der Waals surface area contributed by atoms with E-state index < -0.39 is 33.1 Å². The van der Waals surface area contributed by atoms with Crippen LogP contribution in [0.5, 0.6) is 0 Å². The van der Waals surface area contributed by atoms with Crippen molar-refractivity contribution in [3.05, 3.63) is 32.8 Å². The zero-order valence-electron chi connectivity index (χ0n) is 9.04. The van der Waals surface area contributed by atoms with Gasteiger partial charge in [-0.15, -0.1) is 11.6 Å². The molecule has 0 atom stereocenters. The summed E-state index contributed by atoms with van der Waals surface area (Å²) >= 11 is 10.9. The lowest BCUT2D eigenvalue weighted by Crippen LogP contribution is -2.12. The fraction of sp³-hybridized carbons (Fsp3) is 0.222. The van der Waals surface area contributed by atoms with Gasteiger partial charge in [0.1, 0.15) is 10.9 Å². The fourth-order valence-corrected chi connectivity index (χ4v) is 1.44. The van der Waals surface area contributed by atoms with E-state index in [4.69, 9.17) is 28.9 Å². The SMILES string of the molecule is NC(CCl)=Nc1cc(C(F)(F)F)cc([N+](=O)[O-])c1Cl. The van der Waals surface area contributed by atoms with Crippen LogP contribution in [0, 0.1) is 10.1 Å². The minimum atomic E-state index is -4.77. The molecule has 0 heterocycles. The van der Waals surface area contributed by atoms with Crippen molar-refractivity contribution in [3.63, 3.8) is 0 Å². The summed E-state index contributed by atoms with van der Waals surface area (Å²) in [6.45, 7) is 0. The van der Waals surface area contributed by atoms with Crippen LogP contribution in [-0.4, -0.2) is 16.6 Å². The number of halogens is 5. The lowest BCUT2D eigenvalue weighted by atomic mass is 10.1. The zero-order valence-corrected chi connectivity index (χ0v) is 10.6. The number of nitrogens with zero attached hydrogens (tertiary/aromatic N) is 2. The highest BCUT2D eigenvalue weighted by molar-refractivity contribution is 6.35. The van der Waals surface area contributed by atoms with E-state index in [0.717, 1.165) is 0 Å². The molecule has 0 saturated heterocycles. The van der Waals surface area contributed by atoms with Gasteiger partial charge in [-0.2, -0.15) is 13.2 Å². The zero-order chi connectivity index (χ0) is 14.8. The van der Waals surface area contributed by atoms with Gasteiger partial charge >= 0.3 is 6.18 Å². The monoisotopic (exact) mass is 315 g/mol. The maximum Gasteiger partial charge on any atom is 0.416 e. The molecule has 0 fully saturated rings. The first-order valence-electron chi connectivity index (χ1n) is 4.61. The van der Waals surface area contributed by atoms with Gasteiger partial charge in [0.2, 0.25) is 0 Å². The van der Waals surface area contributed by atoms with Crippen molar-refractivity contribution in [3.8, 4) is 0 Å². The van der Waals surface area contributed by atoms with Crippen LogP contribution in [0.25, 0.3) is 0 Å². The molecule has 0 aliphatic rings. The van der Waals surface area contributed by atoms with Crippen LogP contribution in [0.2, 0.25) is 5.02 Å². The summed E-state index contributed by atoms with van der Waals surface area (Å²) in [4.78, 5) is 13.1. The van der Waals surface area contributed by atoms with Gasteiger partial charge < -0.3 is 5.73 Å². The Bertz CT molecular complexity index is 546. The molecule has 0 aliphatic heterocycles. The van der Waals surface area contributed by atoms with Crippen LogP contribution in [-0.2, 0) is 6.18 Å². The van der Waals surface area contributed by atoms with E-state index in [1.807, 2.05) is 0 Å². The molecule has 1 aromatic rings. The van der Waals surface area contributed by atoms with Crippen molar-refractivity contribution in [1.82, 2.24) is 0 Å². The first kappa shape index (κ1) is 15.5. The Morgan fingerprint density at radius 2 is 2.05 bits per heavy atom. The fourth-order valence-electron chi connectivity index (χ4n) is 1.16. The maximum atomic E-state index is 12.6. The maximum absolute atomic E-state index is 12.6. The molecule has 0 amide bonds. The molecule has 0 saturated carbocycles. The van der Waals surface area contributed by atoms with Crippen molar-refractivity contribution >= 4 is 40.4 Å². The number of hydrogen-bond acceptors (Lipinski definition) is 3. The summed E-state index contributed by atoms with van der Waals surface area (Å²) in [5.74, 6) is -0.461. The van der Waals surface area contributed by atoms with Crippen molar-refractivity contribution in [2.24, 2.45) is 10.7 Å². The second-order valence-electron chi connectivity index (χ2n) is 3.32. The summed E-state index contributed by atoms with van der Waals surface area (Å²) in [6, 6.07) is 0.896. The Morgan fingerprint density at radius 1 is 1.47 bits per heavy atom. The number of nitro benzene ring substituents is 1. The molecule has 10 heteroatoms. The number of alkyl halides is 4. The van der Waals surface area contributed by atoms with Gasteiger partial charge in [-0.25, -0.2) is 4.99 Å². The van der Waals surface area contributed by atoms with E-state index in [-0.39, 0.29) is 11.7 Å². The van der Waals surface area contributed by atoms with E-state index in [0.29, 0.717) is 12.1 Å². The van der Waals surface area contributed by atoms with Crippen LogP contribution in [0.3, 0.4) is 0 Å². The minimum Gasteiger partial charge on any atom is -0.386 e. The number of rotatable bonds is 3. The molecule has 2 N–H and O–H groups in total. The third-order valence-electron chi connectivity index (χ3n) is 1.96. The Morgan fingerprint density at radius 3 is 2.47 bits per heavy atom. The number of amidine groups is 1. The molecule has 0 radical (unpaired) electrons. The highest BCUT2D eigenvalue weighted by Gasteiger charge is 2.34. The molecule has 5 nitrogen and oxygen atoms in total. The van der Waals surface area contributed by atoms with E-state index in [1.165, 1.54) is 0 Å². The third kappa shape index (κ3) is 3.71. The van der Waals surface area contributed by atoms with Gasteiger partial charge in [-0.05, 0) is 6.07 Å². The summed E-state index contributed by atoms with van der Waals surface area (Å²) in [6.07, 6.45) is -4.77. The molecule has 0 bridgehead atoms. The lowest BCUT2D eigenvalue weighted by molar-refractivity contribution is -0.384. The van der Waals surface area contributed by atoms with Crippen molar-refractivity contribution in [2.45, 2.75) is 6.18 Å². The standard InChI is InChI=1S/C9H6Cl2F3N3O2/c10-3-7(15)16-5-1-4(9(12,13)14)2-6(8(5)11)17(18)19/h1-2H,3H2,(H2,15,16). The summed E-state index contributed by atoms with van der Waals surface area (Å²) in [5, 5.41) is 10.1. The van der Waals surface area contributed by atoms with E-state index >= 15 is 0 Å². The van der Waals surface area contributed by atoms with Gasteiger partial charge in [0, 0.05) is 6.07 Å². The molecule has 104 valence electrons. The van der Waals surface area contributed by atoms with E-state index in [2.05, 4.69) is 4.99 Å². The number of benzene rings is 1. The molecule has 0 aromatic heterocycles. The molecular weight excluding hydrogens is 310 g/mol. The normalized spacial score (nSPS) is 12.6. The van der Waals surface area contributed by atoms with E-state index in [1.54, 1.807) is 0 Å². The van der Waals surface area contributed by atoms with Crippen molar-refractivity contribution < 1.29 is 18.1 Å². The van der Waals surface area contributed by atoms with Crippen LogP contribution in [0.1, 0.15) is 5.56 Å². The molecular formula is C9H6Cl2F3N3O2. The van der Waals surface area contributed by atoms with Gasteiger partial charge in [-0.1, -0.05) is 11.6 Å². The summed E-state index contributed by atoms with van der Waals surface area (Å²) in [7, 11) is 0. The van der Waals surface area contributed by atoms with Crippen LogP contribution >= 0.6 is 23.2 Å². The number of aliphatic imine (C=N–C) groups is 1. The highest BCUT2D eigenvalue weighted by atomic mass is 35.5. The second kappa shape index (κ2) is 5.62. The molecule has 1 aromatic carbocycles. The van der Waals surface area contributed by atoms with Gasteiger partial charge in [-0.3, -0.25) is 10.1 Å². The Hall–Kier alpha value is -1.54. The number of nitro groups is 1. The smallest absolute Gasteiger partial charge is 0.386 e. The number of hydrogen-bond donors (Lipinski definition) is 1. The molecule has 19 heavy (non-hydrogen) atoms. The van der Waals surface area contributed by atoms with Gasteiger partial charge in [0.25, 0.3) is 5.69 Å². The second-order valence-corrected chi connectivity index (χ2v) is 3.97. The highest BCUT2D eigenvalue weighted by Crippen LogP contribution is 2.40. The Balaban J connectivity index is 3.54. The predicted octanol–water partition coefficient (Wildman–Crippen LogP) is 3.49. The van der Waals surface area contributed by atoms with E-state index in [9.17, 15) is 23.3 Å². The van der Waals surface area contributed by atoms with Crippen LogP contribution in [0.4, 0.5) is 24.5 Å². The predicted molar refractivity (Wildman–Crippen MR) is 65.1 cm³/mol. The average Bonchev–Trinajstić information content (AvgIpc) is 2.29. The van der Waals surface area contributed by atoms with Crippen molar-refractivity contribution in [2.75, 3.05) is 5.88 Å². The summed E-state index contributed by atoms with van der Waals surface area (Å²) < 4.78 is 37.8. The first-order chi connectivity index (χ1) is 8.66. The van der Waals surface area contributed by atoms with Gasteiger partial charge in [0.05, 0.1) is 22.1 Å². The molecule has 0 spiro atoms.